The standard InChI is InChI=1S/2C12H26O.C11H24O2.2C10H22O.C8H18O2.2C8H18O.C6H14O.2CH4/c1-5-12(4)8-6-7-9-13-10-11(2)3;1-4-7-8-9-12(6-3)11-13-10-5-2;1-6-10(4)13-8-11(5)12-7-9(2)3;1-7(2)9(5)11-10(6)8(3)4;1-5-9(4)8-11-10(6-2)7-3;1-3-5-9-7-8-10-6-4-2;1-7(2)5-9-6-8(3)4;1-5-8(4)9-6-7(2)3;1-3-5-7-6-4-2;;/h11-12H,5-10H2,1-4H3;12H,4-11H2,1-3H3;9-11H,6-8H2,1-5H3;7-10H,1-6H3;9-10H,5-8H2,1-4H3;3-8H2,1-2H3;2*7-8H,5-6H2,1-4H3;3-6H2,1-2H3;2*1H4. The van der Waals surface area contributed by atoms with E-state index in [-0.39, 0.29) is 21.0 Å². The first-order valence-electron chi connectivity index (χ1n) is 41.0. The van der Waals surface area contributed by atoms with Crippen molar-refractivity contribution in [3.05, 3.63) is 0 Å². The molecule has 0 amide bonds. The average Bonchev–Trinajstić information content (AvgIpc) is 1.38. The number of hydrogen-bond acceptors (Lipinski definition) is 11. The zero-order valence-electron chi connectivity index (χ0n) is 72.5. The number of hydrogen-bond donors (Lipinski definition) is 0. The van der Waals surface area contributed by atoms with Crippen LogP contribution in [-0.2, 0) is 52.1 Å². The van der Waals surface area contributed by atoms with Crippen LogP contribution in [0.2, 0.25) is 0 Å². The summed E-state index contributed by atoms with van der Waals surface area (Å²) in [6.45, 7) is 87.9. The van der Waals surface area contributed by atoms with Crippen molar-refractivity contribution in [2.75, 3.05) is 106 Å². The van der Waals surface area contributed by atoms with Gasteiger partial charge in [0.2, 0.25) is 0 Å². The van der Waals surface area contributed by atoms with E-state index in [2.05, 4.69) is 235 Å². The van der Waals surface area contributed by atoms with Gasteiger partial charge in [0.15, 0.2) is 0 Å². The third-order valence-electron chi connectivity index (χ3n) is 15.3. The highest BCUT2D eigenvalue weighted by atomic mass is 16.5. The van der Waals surface area contributed by atoms with Crippen LogP contribution < -0.4 is 0 Å². The van der Waals surface area contributed by atoms with Crippen LogP contribution in [0.4, 0.5) is 0 Å². The lowest BCUT2D eigenvalue weighted by Crippen LogP contribution is -2.25. The van der Waals surface area contributed by atoms with Crippen molar-refractivity contribution in [1.29, 1.82) is 0 Å². The Hall–Kier alpha value is -0.440. The molecule has 11 nitrogen and oxygen atoms in total. The van der Waals surface area contributed by atoms with E-state index in [0.29, 0.717) is 78.6 Å². The van der Waals surface area contributed by atoms with Crippen LogP contribution in [0, 0.1) is 59.2 Å². The lowest BCUT2D eigenvalue weighted by Gasteiger charge is -2.24. The van der Waals surface area contributed by atoms with E-state index in [4.69, 9.17) is 52.1 Å². The highest BCUT2D eigenvalue weighted by Gasteiger charge is 2.14. The molecule has 0 N–H and O–H groups in total. The Bertz CT molecular complexity index is 1220. The van der Waals surface area contributed by atoms with Crippen molar-refractivity contribution in [3.63, 3.8) is 0 Å². The molecule has 11 heteroatoms. The fourth-order valence-electron chi connectivity index (χ4n) is 7.14. The van der Waals surface area contributed by atoms with E-state index < -0.39 is 0 Å². The van der Waals surface area contributed by atoms with Crippen molar-refractivity contribution in [2.24, 2.45) is 59.2 Å². The van der Waals surface area contributed by atoms with Crippen molar-refractivity contribution < 1.29 is 52.1 Å². The SMILES string of the molecule is C.C.CC(C)C(C)OC(C)C(C)C.CC(C)COCC(C)C.CCC(C)CCCCOCC(C)C.CCC(C)COC(CC)CC.CCC(C)OCC(C)C.CCC(C)OCC(C)OCC(C)C.CCCCCC(CC)COCCC.CCCOCCC.CCCOCCOCCC. The Kier molecular flexibility index (Phi) is 125. The third kappa shape index (κ3) is 128. The van der Waals surface area contributed by atoms with Gasteiger partial charge in [0.05, 0.1) is 56.4 Å². The summed E-state index contributed by atoms with van der Waals surface area (Å²) in [6.07, 6.45) is 25.5. The Labute approximate surface area is 622 Å². The predicted octanol–water partition coefficient (Wildman–Crippen LogP) is 26.8. The Balaban J connectivity index is -0.0000000968. The van der Waals surface area contributed by atoms with E-state index in [1.54, 1.807) is 0 Å². The second-order valence-electron chi connectivity index (χ2n) is 29.8. The Morgan fingerprint density at radius 2 is 0.582 bits per heavy atom. The van der Waals surface area contributed by atoms with Crippen molar-refractivity contribution in [2.45, 2.75) is 409 Å². The number of ether oxygens (including phenoxy) is 11. The van der Waals surface area contributed by atoms with Crippen molar-refractivity contribution >= 4 is 0 Å². The molecule has 0 spiro atoms. The maximum Gasteiger partial charge on any atom is 0.0780 e. The maximum atomic E-state index is 5.77. The highest BCUT2D eigenvalue weighted by Crippen LogP contribution is 2.16. The molecule has 0 aliphatic heterocycles. The van der Waals surface area contributed by atoms with Gasteiger partial charge >= 0.3 is 0 Å². The van der Waals surface area contributed by atoms with Gasteiger partial charge in [-0.2, -0.15) is 0 Å². The van der Waals surface area contributed by atoms with Gasteiger partial charge in [-0.1, -0.05) is 267 Å². The quantitative estimate of drug-likeness (QED) is 0.0544. The zero-order chi connectivity index (χ0) is 75.8. The molecule has 0 rings (SSSR count). The Morgan fingerprint density at radius 3 is 0.918 bits per heavy atom. The molecule has 0 heterocycles. The van der Waals surface area contributed by atoms with Crippen LogP contribution in [0.25, 0.3) is 0 Å². The second-order valence-corrected chi connectivity index (χ2v) is 29.8. The van der Waals surface area contributed by atoms with E-state index in [0.717, 1.165) is 175 Å². The highest BCUT2D eigenvalue weighted by molar-refractivity contribution is 4.62. The molecule has 0 saturated heterocycles. The Morgan fingerprint density at radius 1 is 0.235 bits per heavy atom. The first-order chi connectivity index (χ1) is 45.4. The summed E-state index contributed by atoms with van der Waals surface area (Å²) < 4.78 is 60.0. The van der Waals surface area contributed by atoms with Crippen LogP contribution >= 0.6 is 0 Å². The topological polar surface area (TPSA) is 102 Å². The minimum atomic E-state index is 0. The van der Waals surface area contributed by atoms with E-state index >= 15 is 0 Å². The molecule has 0 radical (unpaired) electrons. The van der Waals surface area contributed by atoms with Crippen molar-refractivity contribution in [3.8, 4) is 0 Å². The minimum Gasteiger partial charge on any atom is -0.381 e. The van der Waals surface area contributed by atoms with Gasteiger partial charge in [0.25, 0.3) is 0 Å². The van der Waals surface area contributed by atoms with Crippen LogP contribution in [0.5, 0.6) is 0 Å². The van der Waals surface area contributed by atoms with Crippen LogP contribution in [-0.4, -0.2) is 142 Å². The van der Waals surface area contributed by atoms with Gasteiger partial charge in [0.1, 0.15) is 0 Å². The summed E-state index contributed by atoms with van der Waals surface area (Å²) in [5.41, 5.74) is 0. The first-order valence-corrected chi connectivity index (χ1v) is 41.0. The summed E-state index contributed by atoms with van der Waals surface area (Å²) in [4.78, 5) is 0. The number of rotatable bonds is 53. The first kappa shape index (κ1) is 121. The van der Waals surface area contributed by atoms with Gasteiger partial charge in [-0.15, -0.1) is 0 Å². The predicted molar refractivity (Wildman–Crippen MR) is 442 cm³/mol. The molecule has 0 saturated carbocycles. The summed E-state index contributed by atoms with van der Waals surface area (Å²) >= 11 is 0. The molecule has 0 aliphatic carbocycles. The molecule has 0 bridgehead atoms. The van der Waals surface area contributed by atoms with E-state index in [1.807, 2.05) is 0 Å². The molecular formula is C87H196O11. The molecule has 0 aromatic heterocycles. The average molecular weight is 1420 g/mol. The largest absolute Gasteiger partial charge is 0.381 e. The van der Waals surface area contributed by atoms with Gasteiger partial charge in [-0.05, 0) is 164 Å². The molecule has 8 atom stereocenters. The van der Waals surface area contributed by atoms with Crippen LogP contribution in [0.3, 0.4) is 0 Å². The third-order valence-corrected chi connectivity index (χ3v) is 15.3. The van der Waals surface area contributed by atoms with Crippen molar-refractivity contribution in [1.82, 2.24) is 0 Å². The smallest absolute Gasteiger partial charge is 0.0780 e. The summed E-state index contributed by atoms with van der Waals surface area (Å²) in [5.74, 6) is 6.94. The maximum absolute atomic E-state index is 5.77. The van der Waals surface area contributed by atoms with E-state index in [1.165, 1.54) is 64.2 Å². The van der Waals surface area contributed by atoms with Crippen LogP contribution in [0.15, 0.2) is 0 Å². The second kappa shape index (κ2) is 101. The molecular weight excluding hydrogens is 1220 g/mol. The fraction of sp³-hybridized carbons (Fsp3) is 1.00. The summed E-state index contributed by atoms with van der Waals surface area (Å²) in [7, 11) is 0. The molecule has 610 valence electrons. The number of unbranched alkanes of at least 4 members (excludes halogenated alkanes) is 3. The lowest BCUT2D eigenvalue weighted by atomic mass is 10.00. The molecule has 0 aromatic rings. The zero-order valence-corrected chi connectivity index (χ0v) is 72.5. The molecule has 8 unspecified atom stereocenters. The normalized spacial score (nSPS) is 13.3. The fourth-order valence-corrected chi connectivity index (χ4v) is 7.14. The van der Waals surface area contributed by atoms with Gasteiger partial charge in [-0.25, -0.2) is 0 Å². The van der Waals surface area contributed by atoms with E-state index in [9.17, 15) is 0 Å². The lowest BCUT2D eigenvalue weighted by molar-refractivity contribution is -0.0388. The van der Waals surface area contributed by atoms with Gasteiger partial charge < -0.3 is 52.1 Å². The summed E-state index contributed by atoms with van der Waals surface area (Å²) in [6, 6.07) is 0. The molecule has 98 heavy (non-hydrogen) atoms. The molecule has 0 fully saturated rings. The molecule has 0 aromatic carbocycles. The summed E-state index contributed by atoms with van der Waals surface area (Å²) in [5, 5.41) is 0. The van der Waals surface area contributed by atoms with Gasteiger partial charge in [-0.3, -0.25) is 0 Å². The molecule has 0 aliphatic rings. The van der Waals surface area contributed by atoms with Gasteiger partial charge in [0, 0.05) is 85.9 Å². The van der Waals surface area contributed by atoms with Crippen LogP contribution in [0.1, 0.15) is 372 Å². The monoisotopic (exact) mass is 1420 g/mol. The minimum absolute atomic E-state index is 0.